The minimum atomic E-state index is -0.0683. The molecule has 0 saturated carbocycles. The summed E-state index contributed by atoms with van der Waals surface area (Å²) in [5.41, 5.74) is 3.47. The first-order chi connectivity index (χ1) is 9.19. The Morgan fingerprint density at radius 3 is 3.16 bits per heavy atom. The van der Waals surface area contributed by atoms with Crippen molar-refractivity contribution in [2.45, 2.75) is 25.1 Å². The van der Waals surface area contributed by atoms with E-state index >= 15 is 0 Å². The molecule has 0 saturated heterocycles. The van der Waals surface area contributed by atoms with E-state index in [0.29, 0.717) is 6.61 Å². The third kappa shape index (κ3) is 2.26. The number of rotatable bonds is 2. The molecule has 3 nitrogen and oxygen atoms in total. The van der Waals surface area contributed by atoms with E-state index in [1.807, 2.05) is 6.92 Å². The van der Waals surface area contributed by atoms with Gasteiger partial charge >= 0.3 is 118 Å². The average molecular weight is 320 g/mol. The maximum atomic E-state index is 11.8. The second-order valence-corrected chi connectivity index (χ2v) is 7.16. The first-order valence-electron chi connectivity index (χ1n) is 6.41. The number of fused-ring (bicyclic) bond motifs is 2. The van der Waals surface area contributed by atoms with E-state index in [4.69, 9.17) is 9.72 Å². The fraction of sp³-hybridized carbons (Fsp3) is 0.333. The van der Waals surface area contributed by atoms with Gasteiger partial charge in [0.15, 0.2) is 0 Å². The Morgan fingerprint density at radius 1 is 1.53 bits per heavy atom. The second-order valence-electron chi connectivity index (χ2n) is 4.66. The molecule has 1 atom stereocenters. The summed E-state index contributed by atoms with van der Waals surface area (Å²) in [5.74, 6) is -0.0683. The van der Waals surface area contributed by atoms with Gasteiger partial charge in [0.25, 0.3) is 0 Å². The maximum absolute atomic E-state index is 11.8. The topological polar surface area (TPSA) is 39.2 Å². The molecule has 3 rings (SSSR count). The Hall–Kier alpha value is -1.38. The fourth-order valence-electron chi connectivity index (χ4n) is 2.36. The third-order valence-corrected chi connectivity index (χ3v) is 5.86. The van der Waals surface area contributed by atoms with Crippen molar-refractivity contribution < 1.29 is 9.53 Å². The SMILES string of the molecule is CCOC(=O)C1Cc2cc3cccc(C)c3nc2[Se]1. The fourth-order valence-corrected chi connectivity index (χ4v) is 4.74. The van der Waals surface area contributed by atoms with E-state index in [2.05, 4.69) is 31.2 Å². The van der Waals surface area contributed by atoms with Crippen molar-refractivity contribution in [1.29, 1.82) is 0 Å². The molecule has 1 aliphatic rings. The number of para-hydroxylation sites is 1. The molecule has 1 unspecified atom stereocenters. The van der Waals surface area contributed by atoms with Gasteiger partial charge in [-0.05, 0) is 0 Å². The molecule has 0 amide bonds. The van der Waals surface area contributed by atoms with E-state index < -0.39 is 0 Å². The molecule has 2 aromatic rings. The summed E-state index contributed by atoms with van der Waals surface area (Å²) in [5, 5.41) is 1.17. The van der Waals surface area contributed by atoms with Crippen molar-refractivity contribution in [1.82, 2.24) is 4.98 Å². The molecule has 0 fully saturated rings. The average Bonchev–Trinajstić information content (AvgIpc) is 2.80. The van der Waals surface area contributed by atoms with Crippen LogP contribution in [0.15, 0.2) is 24.3 Å². The second kappa shape index (κ2) is 4.95. The van der Waals surface area contributed by atoms with Crippen LogP contribution in [0.4, 0.5) is 0 Å². The summed E-state index contributed by atoms with van der Waals surface area (Å²) in [6, 6.07) is 8.40. The quantitative estimate of drug-likeness (QED) is 0.625. The van der Waals surface area contributed by atoms with Gasteiger partial charge in [-0.15, -0.1) is 0 Å². The number of hydrogen-bond donors (Lipinski definition) is 0. The van der Waals surface area contributed by atoms with Crippen LogP contribution in [-0.2, 0) is 16.0 Å². The summed E-state index contributed by atoms with van der Waals surface area (Å²) in [6.45, 7) is 4.38. The predicted octanol–water partition coefficient (Wildman–Crippen LogP) is 1.78. The molecule has 0 N–H and O–H groups in total. The molecule has 0 spiro atoms. The van der Waals surface area contributed by atoms with Crippen molar-refractivity contribution >= 4 is 36.4 Å². The van der Waals surface area contributed by atoms with Crippen LogP contribution in [0, 0.1) is 6.92 Å². The standard InChI is InChI=1S/C15H15NO2Se/c1-3-18-15(17)12-8-11-7-10-6-4-5-9(2)13(10)16-14(11)19-12/h4-7,12H,3,8H2,1-2H3. The summed E-state index contributed by atoms with van der Waals surface area (Å²) >= 11 is 0.0953. The monoisotopic (exact) mass is 321 g/mol. The molecule has 1 aliphatic heterocycles. The number of carbonyl (C=O) groups is 1. The Morgan fingerprint density at radius 2 is 2.37 bits per heavy atom. The number of carbonyl (C=O) groups excluding carboxylic acids is 1. The summed E-state index contributed by atoms with van der Waals surface area (Å²) in [7, 11) is 0. The first-order valence-corrected chi connectivity index (χ1v) is 8.26. The number of benzene rings is 1. The van der Waals surface area contributed by atoms with Gasteiger partial charge in [-0.2, -0.15) is 0 Å². The molecular weight excluding hydrogens is 305 g/mol. The predicted molar refractivity (Wildman–Crippen MR) is 76.0 cm³/mol. The Balaban J connectivity index is 1.97. The van der Waals surface area contributed by atoms with Crippen LogP contribution >= 0.6 is 0 Å². The number of nitrogens with zero attached hydrogens (tertiary/aromatic N) is 1. The zero-order valence-corrected chi connectivity index (χ0v) is 12.7. The Kier molecular flexibility index (Phi) is 3.29. The van der Waals surface area contributed by atoms with Crippen molar-refractivity contribution in [3.8, 4) is 0 Å². The van der Waals surface area contributed by atoms with Crippen LogP contribution in [-0.4, -0.2) is 32.5 Å². The first kappa shape index (κ1) is 12.6. The van der Waals surface area contributed by atoms with Gasteiger partial charge in [0.1, 0.15) is 0 Å². The third-order valence-electron chi connectivity index (χ3n) is 3.30. The van der Waals surface area contributed by atoms with Crippen LogP contribution in [0.2, 0.25) is 4.82 Å². The molecule has 2 heterocycles. The molecular formula is C15H15NO2Se. The minimum absolute atomic E-state index is 0.00654. The van der Waals surface area contributed by atoms with E-state index in [-0.39, 0.29) is 25.7 Å². The van der Waals surface area contributed by atoms with Gasteiger partial charge < -0.3 is 0 Å². The zero-order valence-electron chi connectivity index (χ0n) is 11.0. The molecule has 98 valence electrons. The summed E-state index contributed by atoms with van der Waals surface area (Å²) < 4.78 is 6.25. The van der Waals surface area contributed by atoms with Crippen molar-refractivity contribution in [2.24, 2.45) is 0 Å². The number of hydrogen-bond acceptors (Lipinski definition) is 3. The summed E-state index contributed by atoms with van der Waals surface area (Å²) in [4.78, 5) is 16.6. The normalized spacial score (nSPS) is 17.5. The van der Waals surface area contributed by atoms with E-state index in [1.165, 1.54) is 16.5 Å². The van der Waals surface area contributed by atoms with Gasteiger partial charge in [0, 0.05) is 0 Å². The van der Waals surface area contributed by atoms with Crippen LogP contribution < -0.4 is 4.59 Å². The molecule has 1 aromatic carbocycles. The molecule has 19 heavy (non-hydrogen) atoms. The van der Waals surface area contributed by atoms with Crippen molar-refractivity contribution in [2.75, 3.05) is 6.61 Å². The van der Waals surface area contributed by atoms with Crippen LogP contribution in [0.25, 0.3) is 10.9 Å². The van der Waals surface area contributed by atoms with E-state index in [1.54, 1.807) is 0 Å². The summed E-state index contributed by atoms with van der Waals surface area (Å²) in [6.07, 6.45) is 0.783. The number of aryl methyl sites for hydroxylation is 1. The van der Waals surface area contributed by atoms with Gasteiger partial charge in [0.05, 0.1) is 0 Å². The van der Waals surface area contributed by atoms with Gasteiger partial charge in [0.2, 0.25) is 0 Å². The molecule has 0 aliphatic carbocycles. The van der Waals surface area contributed by atoms with E-state index in [9.17, 15) is 4.79 Å². The van der Waals surface area contributed by atoms with Crippen LogP contribution in [0.1, 0.15) is 18.1 Å². The molecule has 1 aromatic heterocycles. The molecule has 0 bridgehead atoms. The molecule has 4 heteroatoms. The van der Waals surface area contributed by atoms with Gasteiger partial charge in [-0.1, -0.05) is 0 Å². The number of pyridine rings is 1. The van der Waals surface area contributed by atoms with Crippen molar-refractivity contribution in [3.63, 3.8) is 0 Å². The van der Waals surface area contributed by atoms with Crippen molar-refractivity contribution in [3.05, 3.63) is 35.4 Å². The van der Waals surface area contributed by atoms with Crippen LogP contribution in [0.5, 0.6) is 0 Å². The Bertz CT molecular complexity index is 654. The zero-order chi connectivity index (χ0) is 13.4. The molecule has 0 radical (unpaired) electrons. The number of aromatic nitrogens is 1. The number of esters is 1. The van der Waals surface area contributed by atoms with Crippen LogP contribution in [0.3, 0.4) is 0 Å². The van der Waals surface area contributed by atoms with Gasteiger partial charge in [-0.3, -0.25) is 0 Å². The Labute approximate surface area is 118 Å². The number of ether oxygens (including phenoxy) is 1. The van der Waals surface area contributed by atoms with E-state index in [0.717, 1.165) is 16.5 Å². The van der Waals surface area contributed by atoms with Gasteiger partial charge in [-0.25, -0.2) is 0 Å².